The van der Waals surface area contributed by atoms with Gasteiger partial charge >= 0.3 is 0 Å². The quantitative estimate of drug-likeness (QED) is 0.482. The number of nitro benzene ring substituents is 1. The first kappa shape index (κ1) is 19.2. The number of carbonyl (C=O) groups is 1. The highest BCUT2D eigenvalue weighted by atomic mass is 16.6. The van der Waals surface area contributed by atoms with Crippen LogP contribution in [0.15, 0.2) is 52.9 Å². The van der Waals surface area contributed by atoms with E-state index in [1.165, 1.54) is 18.2 Å². The molecule has 0 spiro atoms. The molecule has 0 unspecified atom stereocenters. The average molecular weight is 380 g/mol. The van der Waals surface area contributed by atoms with Gasteiger partial charge in [0.25, 0.3) is 11.6 Å². The third-order valence-corrected chi connectivity index (χ3v) is 4.13. The van der Waals surface area contributed by atoms with E-state index in [4.69, 9.17) is 9.15 Å². The Bertz CT molecular complexity index is 1020. The summed E-state index contributed by atoms with van der Waals surface area (Å²) >= 11 is 0. The number of nitro groups is 1. The molecule has 0 fully saturated rings. The van der Waals surface area contributed by atoms with Gasteiger partial charge in [0.15, 0.2) is 5.76 Å². The number of furan rings is 1. The van der Waals surface area contributed by atoms with Gasteiger partial charge in [-0.25, -0.2) is 0 Å². The zero-order valence-electron chi connectivity index (χ0n) is 15.8. The summed E-state index contributed by atoms with van der Waals surface area (Å²) in [6, 6.07) is 13.4. The normalized spacial score (nSPS) is 10.5. The van der Waals surface area contributed by atoms with E-state index in [2.05, 4.69) is 11.4 Å². The molecule has 0 saturated carbocycles. The average Bonchev–Trinajstić information content (AvgIpc) is 3.10. The number of nitrogens with one attached hydrogen (secondary N) is 1. The number of non-ortho nitro benzene ring substituents is 1. The number of amides is 1. The van der Waals surface area contributed by atoms with Gasteiger partial charge in [0.2, 0.25) is 0 Å². The molecule has 2 aromatic carbocycles. The fourth-order valence-corrected chi connectivity index (χ4v) is 2.83. The van der Waals surface area contributed by atoms with Gasteiger partial charge < -0.3 is 14.5 Å². The van der Waals surface area contributed by atoms with E-state index in [0.717, 1.165) is 16.9 Å². The van der Waals surface area contributed by atoms with Gasteiger partial charge in [0.1, 0.15) is 18.1 Å². The summed E-state index contributed by atoms with van der Waals surface area (Å²) in [6.45, 7) is 5.88. The summed E-state index contributed by atoms with van der Waals surface area (Å²) < 4.78 is 11.3. The minimum absolute atomic E-state index is 0.0284. The van der Waals surface area contributed by atoms with E-state index >= 15 is 0 Å². The molecule has 28 heavy (non-hydrogen) atoms. The van der Waals surface area contributed by atoms with Crippen LogP contribution in [0, 0.1) is 30.9 Å². The SMILES string of the molecule is Cc1cc(C)cc(OCc2ccc(C(=O)Nc3ccc([N+](=O)[O-])cc3C)o2)c1. The second kappa shape index (κ2) is 7.96. The summed E-state index contributed by atoms with van der Waals surface area (Å²) in [5, 5.41) is 13.5. The molecule has 0 bridgehead atoms. The third kappa shape index (κ3) is 4.56. The monoisotopic (exact) mass is 380 g/mol. The molecule has 144 valence electrons. The molecule has 7 heteroatoms. The Balaban J connectivity index is 1.64. The van der Waals surface area contributed by atoms with Gasteiger partial charge in [-0.3, -0.25) is 14.9 Å². The molecule has 0 saturated heterocycles. The maximum absolute atomic E-state index is 12.4. The van der Waals surface area contributed by atoms with Crippen molar-refractivity contribution in [1.82, 2.24) is 0 Å². The van der Waals surface area contributed by atoms with Crippen LogP contribution in [0.5, 0.6) is 5.75 Å². The molecule has 0 aliphatic carbocycles. The third-order valence-electron chi connectivity index (χ3n) is 4.13. The summed E-state index contributed by atoms with van der Waals surface area (Å²) in [5.74, 6) is 0.956. The minimum atomic E-state index is -0.479. The number of ether oxygens (including phenoxy) is 1. The van der Waals surface area contributed by atoms with E-state index in [-0.39, 0.29) is 18.1 Å². The molecule has 0 aliphatic rings. The number of nitrogens with zero attached hydrogens (tertiary/aromatic N) is 1. The molecular formula is C21H20N2O5. The maximum Gasteiger partial charge on any atom is 0.291 e. The first-order valence-electron chi connectivity index (χ1n) is 8.68. The predicted molar refractivity (Wildman–Crippen MR) is 105 cm³/mol. The fraction of sp³-hybridized carbons (Fsp3) is 0.190. The summed E-state index contributed by atoms with van der Waals surface area (Å²) in [4.78, 5) is 22.7. The van der Waals surface area contributed by atoms with Crippen LogP contribution in [0.1, 0.15) is 33.0 Å². The van der Waals surface area contributed by atoms with Crippen molar-refractivity contribution in [3.63, 3.8) is 0 Å². The molecule has 1 N–H and O–H groups in total. The first-order chi connectivity index (χ1) is 13.3. The Hall–Kier alpha value is -3.61. The van der Waals surface area contributed by atoms with Crippen LogP contribution in [0.4, 0.5) is 11.4 Å². The number of rotatable bonds is 6. The van der Waals surface area contributed by atoms with Crippen molar-refractivity contribution in [3.05, 3.63) is 86.9 Å². The van der Waals surface area contributed by atoms with Crippen LogP contribution in [0.25, 0.3) is 0 Å². The van der Waals surface area contributed by atoms with Crippen LogP contribution in [0.3, 0.4) is 0 Å². The maximum atomic E-state index is 12.4. The topological polar surface area (TPSA) is 94.6 Å². The van der Waals surface area contributed by atoms with Crippen LogP contribution < -0.4 is 10.1 Å². The largest absolute Gasteiger partial charge is 0.486 e. The molecule has 7 nitrogen and oxygen atoms in total. The first-order valence-corrected chi connectivity index (χ1v) is 8.68. The van der Waals surface area contributed by atoms with Gasteiger partial charge in [0, 0.05) is 17.8 Å². The van der Waals surface area contributed by atoms with Gasteiger partial charge in [-0.15, -0.1) is 0 Å². The molecule has 3 aromatic rings. The van der Waals surface area contributed by atoms with Crippen molar-refractivity contribution >= 4 is 17.3 Å². The lowest BCUT2D eigenvalue weighted by Gasteiger charge is -2.07. The van der Waals surface area contributed by atoms with Crippen LogP contribution in [-0.2, 0) is 6.61 Å². The highest BCUT2D eigenvalue weighted by molar-refractivity contribution is 6.02. The molecule has 1 aromatic heterocycles. The highest BCUT2D eigenvalue weighted by Gasteiger charge is 2.15. The number of benzene rings is 2. The molecule has 0 atom stereocenters. The lowest BCUT2D eigenvalue weighted by molar-refractivity contribution is -0.384. The standard InChI is InChI=1S/C21H20N2O5/c1-13-8-14(2)10-18(9-13)27-12-17-5-7-20(28-17)21(24)22-19-6-4-16(23(25)26)11-15(19)3/h4-11H,12H2,1-3H3,(H,22,24). The predicted octanol–water partition coefficient (Wildman–Crippen LogP) is 4.94. The Labute approximate surface area is 162 Å². The van der Waals surface area contributed by atoms with Crippen molar-refractivity contribution < 1.29 is 18.9 Å². The van der Waals surface area contributed by atoms with Crippen molar-refractivity contribution in [2.75, 3.05) is 5.32 Å². The van der Waals surface area contributed by atoms with Crippen molar-refractivity contribution in [2.24, 2.45) is 0 Å². The molecule has 1 heterocycles. The zero-order chi connectivity index (χ0) is 20.3. The van der Waals surface area contributed by atoms with E-state index < -0.39 is 10.8 Å². The highest BCUT2D eigenvalue weighted by Crippen LogP contribution is 2.23. The van der Waals surface area contributed by atoms with Crippen LogP contribution >= 0.6 is 0 Å². The lowest BCUT2D eigenvalue weighted by Crippen LogP contribution is -2.12. The molecular weight excluding hydrogens is 360 g/mol. The second-order valence-corrected chi connectivity index (χ2v) is 6.59. The van der Waals surface area contributed by atoms with Gasteiger partial charge in [-0.05, 0) is 67.8 Å². The number of hydrogen-bond donors (Lipinski definition) is 1. The van der Waals surface area contributed by atoms with Gasteiger partial charge in [0.05, 0.1) is 4.92 Å². The van der Waals surface area contributed by atoms with Crippen LogP contribution in [0.2, 0.25) is 0 Å². The fourth-order valence-electron chi connectivity index (χ4n) is 2.83. The Morgan fingerprint density at radius 2 is 1.79 bits per heavy atom. The summed E-state index contributed by atoms with van der Waals surface area (Å²) in [7, 11) is 0. The number of aryl methyl sites for hydroxylation is 3. The molecule has 0 radical (unpaired) electrons. The summed E-state index contributed by atoms with van der Waals surface area (Å²) in [5.41, 5.74) is 3.26. The number of anilines is 1. The van der Waals surface area contributed by atoms with Crippen molar-refractivity contribution in [1.29, 1.82) is 0 Å². The van der Waals surface area contributed by atoms with E-state index in [1.54, 1.807) is 19.1 Å². The minimum Gasteiger partial charge on any atom is -0.486 e. The Morgan fingerprint density at radius 3 is 2.43 bits per heavy atom. The van der Waals surface area contributed by atoms with Crippen molar-refractivity contribution in [3.8, 4) is 5.75 Å². The van der Waals surface area contributed by atoms with Gasteiger partial charge in [-0.2, -0.15) is 0 Å². The zero-order valence-corrected chi connectivity index (χ0v) is 15.8. The number of carbonyl (C=O) groups excluding carboxylic acids is 1. The smallest absolute Gasteiger partial charge is 0.291 e. The summed E-state index contributed by atoms with van der Waals surface area (Å²) in [6.07, 6.45) is 0. The lowest BCUT2D eigenvalue weighted by atomic mass is 10.1. The molecule has 1 amide bonds. The molecule has 0 aliphatic heterocycles. The van der Waals surface area contributed by atoms with E-state index in [1.807, 2.05) is 26.0 Å². The Kier molecular flexibility index (Phi) is 5.44. The Morgan fingerprint density at radius 1 is 1.07 bits per heavy atom. The van der Waals surface area contributed by atoms with Crippen LogP contribution in [-0.4, -0.2) is 10.8 Å². The molecule has 3 rings (SSSR count). The number of hydrogen-bond acceptors (Lipinski definition) is 5. The second-order valence-electron chi connectivity index (χ2n) is 6.59. The van der Waals surface area contributed by atoms with Crippen molar-refractivity contribution in [2.45, 2.75) is 27.4 Å². The van der Waals surface area contributed by atoms with Gasteiger partial charge in [-0.1, -0.05) is 6.07 Å². The van der Waals surface area contributed by atoms with E-state index in [9.17, 15) is 14.9 Å². The van der Waals surface area contributed by atoms with E-state index in [0.29, 0.717) is 17.0 Å².